The van der Waals surface area contributed by atoms with Crippen LogP contribution in [-0.2, 0) is 0 Å². The second kappa shape index (κ2) is 4.58. The first-order valence-electron chi connectivity index (χ1n) is 5.11. The Morgan fingerprint density at radius 1 is 1.22 bits per heavy atom. The summed E-state index contributed by atoms with van der Waals surface area (Å²) in [6.45, 7) is 0. The molecule has 0 saturated carbocycles. The van der Waals surface area contributed by atoms with Crippen LogP contribution in [-0.4, -0.2) is 19.9 Å². The molecule has 3 rings (SSSR count). The number of imidazole rings is 1. The number of aromatic amines is 1. The summed E-state index contributed by atoms with van der Waals surface area (Å²) in [7, 11) is 0. The molecule has 2 heterocycles. The van der Waals surface area contributed by atoms with Crippen molar-refractivity contribution in [3.63, 3.8) is 0 Å². The van der Waals surface area contributed by atoms with E-state index in [4.69, 9.17) is 5.73 Å². The Morgan fingerprint density at radius 3 is 2.94 bits per heavy atom. The fourth-order valence-electron chi connectivity index (χ4n) is 1.54. The molecule has 18 heavy (non-hydrogen) atoms. The first kappa shape index (κ1) is 11.5. The number of nitrogen functional groups attached to an aromatic ring is 1. The lowest BCUT2D eigenvalue weighted by molar-refractivity contribution is 1.08. The summed E-state index contributed by atoms with van der Waals surface area (Å²) in [5.74, 6) is 0. The number of anilines is 1. The van der Waals surface area contributed by atoms with Crippen LogP contribution in [0.5, 0.6) is 0 Å². The summed E-state index contributed by atoms with van der Waals surface area (Å²) in [6, 6.07) is 5.77. The van der Waals surface area contributed by atoms with E-state index >= 15 is 0 Å². The van der Waals surface area contributed by atoms with Crippen molar-refractivity contribution >= 4 is 44.5 Å². The van der Waals surface area contributed by atoms with Crippen LogP contribution in [0.25, 0.3) is 11.2 Å². The van der Waals surface area contributed by atoms with Gasteiger partial charge in [-0.25, -0.2) is 15.0 Å². The predicted octanol–water partition coefficient (Wildman–Crippen LogP) is 2.85. The summed E-state index contributed by atoms with van der Waals surface area (Å²) < 4.78 is 0.957. The zero-order chi connectivity index (χ0) is 12.5. The average molecular weight is 322 g/mol. The molecule has 3 N–H and O–H groups in total. The van der Waals surface area contributed by atoms with Crippen molar-refractivity contribution in [3.8, 4) is 0 Å². The van der Waals surface area contributed by atoms with Gasteiger partial charge in [-0.3, -0.25) is 0 Å². The van der Waals surface area contributed by atoms with E-state index in [0.717, 1.165) is 19.9 Å². The van der Waals surface area contributed by atoms with Crippen LogP contribution in [0.2, 0.25) is 0 Å². The highest BCUT2D eigenvalue weighted by Crippen LogP contribution is 2.34. The second-order valence-electron chi connectivity index (χ2n) is 3.56. The average Bonchev–Trinajstić information content (AvgIpc) is 2.82. The number of aromatic nitrogens is 4. The van der Waals surface area contributed by atoms with Gasteiger partial charge in [-0.15, -0.1) is 0 Å². The molecule has 0 amide bonds. The molecule has 0 aliphatic heterocycles. The smallest absolute Gasteiger partial charge is 0.181 e. The van der Waals surface area contributed by atoms with Crippen molar-refractivity contribution in [2.75, 3.05) is 5.73 Å². The molecule has 0 aliphatic rings. The maximum atomic E-state index is 5.97. The van der Waals surface area contributed by atoms with E-state index in [0.29, 0.717) is 11.3 Å². The molecule has 90 valence electrons. The SMILES string of the molecule is Nc1cc(Br)ccc1Sc1ncnc2nc[nH]c12. The fourth-order valence-corrected chi connectivity index (χ4v) is 2.79. The summed E-state index contributed by atoms with van der Waals surface area (Å²) in [4.78, 5) is 16.4. The number of nitrogens with two attached hydrogens (primary N) is 1. The zero-order valence-electron chi connectivity index (χ0n) is 9.09. The van der Waals surface area contributed by atoms with E-state index < -0.39 is 0 Å². The standard InChI is InChI=1S/C11H8BrN5S/c12-6-1-2-8(7(13)3-6)18-11-9-10(15-4-14-9)16-5-17-11/h1-5H,13H2,(H,14,15,16,17). The maximum Gasteiger partial charge on any atom is 0.181 e. The molecule has 0 atom stereocenters. The van der Waals surface area contributed by atoms with Gasteiger partial charge in [0.2, 0.25) is 0 Å². The Morgan fingerprint density at radius 2 is 2.11 bits per heavy atom. The van der Waals surface area contributed by atoms with Crippen molar-refractivity contribution in [3.05, 3.63) is 35.3 Å². The number of nitrogens with one attached hydrogen (secondary N) is 1. The summed E-state index contributed by atoms with van der Waals surface area (Å²) >= 11 is 4.87. The monoisotopic (exact) mass is 321 g/mol. The summed E-state index contributed by atoms with van der Waals surface area (Å²) in [5, 5.41) is 0.812. The number of hydrogen-bond acceptors (Lipinski definition) is 5. The number of fused-ring (bicyclic) bond motifs is 1. The van der Waals surface area contributed by atoms with E-state index in [1.807, 2.05) is 18.2 Å². The first-order valence-corrected chi connectivity index (χ1v) is 6.72. The normalized spacial score (nSPS) is 10.9. The highest BCUT2D eigenvalue weighted by molar-refractivity contribution is 9.10. The first-order chi connectivity index (χ1) is 8.74. The van der Waals surface area contributed by atoms with Crippen molar-refractivity contribution in [1.29, 1.82) is 0 Å². The molecule has 0 fully saturated rings. The number of rotatable bonds is 2. The van der Waals surface area contributed by atoms with Crippen molar-refractivity contribution < 1.29 is 0 Å². The van der Waals surface area contributed by atoms with Crippen molar-refractivity contribution in [2.45, 2.75) is 9.92 Å². The third-order valence-electron chi connectivity index (χ3n) is 2.37. The topological polar surface area (TPSA) is 80.5 Å². The van der Waals surface area contributed by atoms with Gasteiger partial charge in [0.25, 0.3) is 0 Å². The van der Waals surface area contributed by atoms with Crippen LogP contribution in [0.15, 0.2) is 45.2 Å². The number of nitrogens with zero attached hydrogens (tertiary/aromatic N) is 3. The number of halogens is 1. The molecule has 5 nitrogen and oxygen atoms in total. The van der Waals surface area contributed by atoms with E-state index in [9.17, 15) is 0 Å². The van der Waals surface area contributed by atoms with Crippen LogP contribution < -0.4 is 5.73 Å². The highest BCUT2D eigenvalue weighted by Gasteiger charge is 2.09. The molecule has 0 radical (unpaired) electrons. The Bertz CT molecular complexity index is 711. The fraction of sp³-hybridized carbons (Fsp3) is 0. The summed E-state index contributed by atoms with van der Waals surface area (Å²) in [6.07, 6.45) is 3.11. The van der Waals surface area contributed by atoms with Crippen LogP contribution in [0.4, 0.5) is 5.69 Å². The van der Waals surface area contributed by atoms with Crippen molar-refractivity contribution in [2.24, 2.45) is 0 Å². The predicted molar refractivity (Wildman–Crippen MR) is 74.4 cm³/mol. The van der Waals surface area contributed by atoms with Crippen LogP contribution in [0.1, 0.15) is 0 Å². The zero-order valence-corrected chi connectivity index (χ0v) is 11.5. The van der Waals surface area contributed by atoms with Gasteiger partial charge in [-0.1, -0.05) is 27.7 Å². The van der Waals surface area contributed by atoms with E-state index in [-0.39, 0.29) is 0 Å². The maximum absolute atomic E-state index is 5.97. The van der Waals surface area contributed by atoms with Gasteiger partial charge in [0.15, 0.2) is 5.65 Å². The van der Waals surface area contributed by atoms with Gasteiger partial charge in [0.05, 0.1) is 6.33 Å². The molecule has 2 aromatic heterocycles. The van der Waals surface area contributed by atoms with Crippen LogP contribution in [0.3, 0.4) is 0 Å². The molecule has 0 bridgehead atoms. The minimum Gasteiger partial charge on any atom is -0.398 e. The van der Waals surface area contributed by atoms with Crippen LogP contribution in [0, 0.1) is 0 Å². The minimum atomic E-state index is 0.656. The molecule has 0 unspecified atom stereocenters. The number of benzene rings is 1. The largest absolute Gasteiger partial charge is 0.398 e. The van der Waals surface area contributed by atoms with Crippen molar-refractivity contribution in [1.82, 2.24) is 19.9 Å². The van der Waals surface area contributed by atoms with E-state index in [2.05, 4.69) is 35.9 Å². The Kier molecular flexibility index (Phi) is 2.92. The molecule has 0 aliphatic carbocycles. The van der Waals surface area contributed by atoms with E-state index in [1.54, 1.807) is 6.33 Å². The third-order valence-corrected chi connectivity index (χ3v) is 3.95. The van der Waals surface area contributed by atoms with Crippen LogP contribution >= 0.6 is 27.7 Å². The van der Waals surface area contributed by atoms with Gasteiger partial charge in [0, 0.05) is 15.1 Å². The number of H-pyrrole nitrogens is 1. The number of hydrogen-bond donors (Lipinski definition) is 2. The Balaban J connectivity index is 2.03. The quantitative estimate of drug-likeness (QED) is 0.560. The second-order valence-corrected chi connectivity index (χ2v) is 5.51. The minimum absolute atomic E-state index is 0.656. The van der Waals surface area contributed by atoms with Gasteiger partial charge in [-0.05, 0) is 18.2 Å². The van der Waals surface area contributed by atoms with Gasteiger partial charge >= 0.3 is 0 Å². The summed E-state index contributed by atoms with van der Waals surface area (Å²) in [5.41, 5.74) is 8.16. The lowest BCUT2D eigenvalue weighted by Gasteiger charge is -2.05. The lowest BCUT2D eigenvalue weighted by atomic mass is 10.3. The third kappa shape index (κ3) is 2.06. The Labute approximate surface area is 115 Å². The molecule has 7 heteroatoms. The van der Waals surface area contributed by atoms with E-state index in [1.165, 1.54) is 18.1 Å². The van der Waals surface area contributed by atoms with Gasteiger partial charge in [-0.2, -0.15) is 0 Å². The molecular weight excluding hydrogens is 314 g/mol. The lowest BCUT2D eigenvalue weighted by Crippen LogP contribution is -1.90. The molecule has 1 aromatic carbocycles. The van der Waals surface area contributed by atoms with Gasteiger partial charge < -0.3 is 10.7 Å². The highest BCUT2D eigenvalue weighted by atomic mass is 79.9. The molecular formula is C11H8BrN5S. The molecule has 3 aromatic rings. The molecule has 0 spiro atoms. The Hall–Kier alpha value is -1.60. The molecule has 0 saturated heterocycles. The van der Waals surface area contributed by atoms with Gasteiger partial charge in [0.1, 0.15) is 16.9 Å².